The summed E-state index contributed by atoms with van der Waals surface area (Å²) in [6.07, 6.45) is 0.871. The Morgan fingerprint density at radius 3 is 2.52 bits per heavy atom. The Balaban J connectivity index is 1.77. The molecule has 1 aromatic heterocycles. The molecule has 152 valence electrons. The van der Waals surface area contributed by atoms with E-state index in [4.69, 9.17) is 0 Å². The number of carbonyl (C=O) groups is 1. The van der Waals surface area contributed by atoms with Gasteiger partial charge in [-0.15, -0.1) is 10.2 Å². The second-order valence-electron chi connectivity index (χ2n) is 7.19. The van der Waals surface area contributed by atoms with Gasteiger partial charge < -0.3 is 9.88 Å². The van der Waals surface area contributed by atoms with Crippen LogP contribution in [-0.4, -0.2) is 33.0 Å². The van der Waals surface area contributed by atoms with Gasteiger partial charge in [-0.2, -0.15) is 0 Å². The van der Waals surface area contributed by atoms with Crippen LogP contribution in [0, 0.1) is 5.92 Å². The quantitative estimate of drug-likeness (QED) is 0.453. The Morgan fingerprint density at radius 2 is 1.83 bits per heavy atom. The third-order valence-corrected chi connectivity index (χ3v) is 5.82. The van der Waals surface area contributed by atoms with Crippen molar-refractivity contribution in [3.05, 3.63) is 64.6 Å². The molecule has 5 nitrogen and oxygen atoms in total. The van der Waals surface area contributed by atoms with Gasteiger partial charge in [0.05, 0.1) is 5.75 Å². The van der Waals surface area contributed by atoms with Gasteiger partial charge in [0.15, 0.2) is 11.0 Å². The van der Waals surface area contributed by atoms with Gasteiger partial charge in [-0.05, 0) is 30.0 Å². The van der Waals surface area contributed by atoms with Crippen molar-refractivity contribution in [3.63, 3.8) is 0 Å². The monoisotopic (exact) mass is 472 g/mol. The normalized spacial score (nSPS) is 11.0. The van der Waals surface area contributed by atoms with E-state index in [1.54, 1.807) is 0 Å². The van der Waals surface area contributed by atoms with Gasteiger partial charge in [-0.3, -0.25) is 4.79 Å². The molecule has 29 heavy (non-hydrogen) atoms. The number of rotatable bonds is 9. The number of aryl methyl sites for hydroxylation is 1. The van der Waals surface area contributed by atoms with Crippen LogP contribution in [0.25, 0.3) is 11.4 Å². The third-order valence-electron chi connectivity index (χ3n) is 4.33. The molecule has 0 atom stereocenters. The van der Waals surface area contributed by atoms with E-state index >= 15 is 0 Å². The molecule has 0 radical (unpaired) electrons. The first-order chi connectivity index (χ1) is 14.0. The van der Waals surface area contributed by atoms with E-state index < -0.39 is 0 Å². The number of aromatic nitrogens is 3. The molecule has 7 heteroatoms. The van der Waals surface area contributed by atoms with Crippen LogP contribution in [0.15, 0.2) is 64.2 Å². The fraction of sp³-hybridized carbons (Fsp3) is 0.318. The zero-order valence-corrected chi connectivity index (χ0v) is 19.0. The summed E-state index contributed by atoms with van der Waals surface area (Å²) in [5.74, 6) is 1.60. The van der Waals surface area contributed by atoms with Gasteiger partial charge >= 0.3 is 0 Å². The molecule has 1 N–H and O–H groups in total. The maximum Gasteiger partial charge on any atom is 0.230 e. The van der Waals surface area contributed by atoms with Gasteiger partial charge in [0, 0.05) is 23.1 Å². The summed E-state index contributed by atoms with van der Waals surface area (Å²) in [6.45, 7) is 5.60. The van der Waals surface area contributed by atoms with Crippen LogP contribution in [0.4, 0.5) is 0 Å². The predicted octanol–water partition coefficient (Wildman–Crippen LogP) is 4.81. The summed E-state index contributed by atoms with van der Waals surface area (Å²) in [5.41, 5.74) is 2.26. The fourth-order valence-corrected chi connectivity index (χ4v) is 3.85. The van der Waals surface area contributed by atoms with Crippen LogP contribution >= 0.6 is 27.7 Å². The Morgan fingerprint density at radius 1 is 1.10 bits per heavy atom. The first kappa shape index (κ1) is 21.6. The second kappa shape index (κ2) is 10.6. The summed E-state index contributed by atoms with van der Waals surface area (Å²) in [4.78, 5) is 12.1. The van der Waals surface area contributed by atoms with Gasteiger partial charge in [0.25, 0.3) is 0 Å². The zero-order chi connectivity index (χ0) is 20.6. The van der Waals surface area contributed by atoms with Gasteiger partial charge in [0.2, 0.25) is 5.91 Å². The molecule has 2 aromatic carbocycles. The zero-order valence-electron chi connectivity index (χ0n) is 16.6. The Hall–Kier alpha value is -2.12. The van der Waals surface area contributed by atoms with Crippen LogP contribution in [0.5, 0.6) is 0 Å². The van der Waals surface area contributed by atoms with E-state index in [0.717, 1.165) is 34.0 Å². The maximum absolute atomic E-state index is 12.1. The van der Waals surface area contributed by atoms with E-state index in [2.05, 4.69) is 62.0 Å². The highest BCUT2D eigenvalue weighted by Gasteiger charge is 2.16. The number of halogens is 1. The van der Waals surface area contributed by atoms with E-state index in [1.165, 1.54) is 17.3 Å². The lowest BCUT2D eigenvalue weighted by Gasteiger charge is -2.11. The highest BCUT2D eigenvalue weighted by molar-refractivity contribution is 9.10. The molecule has 0 spiro atoms. The number of nitrogens with zero attached hydrogens (tertiary/aromatic N) is 3. The summed E-state index contributed by atoms with van der Waals surface area (Å²) in [5, 5.41) is 12.5. The third kappa shape index (κ3) is 6.44. The molecule has 0 aliphatic carbocycles. The molecule has 1 heterocycles. The molecule has 0 aliphatic rings. The van der Waals surface area contributed by atoms with Gasteiger partial charge in [0.1, 0.15) is 0 Å². The van der Waals surface area contributed by atoms with E-state index in [1.807, 2.05) is 42.5 Å². The predicted molar refractivity (Wildman–Crippen MR) is 122 cm³/mol. The second-order valence-corrected chi connectivity index (χ2v) is 9.05. The number of benzene rings is 2. The van der Waals surface area contributed by atoms with Crippen molar-refractivity contribution < 1.29 is 4.79 Å². The van der Waals surface area contributed by atoms with Crippen molar-refractivity contribution in [2.45, 2.75) is 32.0 Å². The first-order valence-corrected chi connectivity index (χ1v) is 11.4. The average molecular weight is 473 g/mol. The Bertz CT molecular complexity index is 926. The molecule has 0 bridgehead atoms. The number of hydrogen-bond donors (Lipinski definition) is 1. The van der Waals surface area contributed by atoms with Crippen molar-refractivity contribution in [3.8, 4) is 11.4 Å². The van der Waals surface area contributed by atoms with Gasteiger partial charge in [-0.25, -0.2) is 0 Å². The molecule has 0 unspecified atom stereocenters. The number of carbonyl (C=O) groups excluding carboxylic acids is 1. The van der Waals surface area contributed by atoms with Crippen LogP contribution in [0.1, 0.15) is 19.4 Å². The lowest BCUT2D eigenvalue weighted by atomic mass is 10.1. The number of thioether (sulfide) groups is 1. The lowest BCUT2D eigenvalue weighted by Crippen LogP contribution is -2.28. The average Bonchev–Trinajstić information content (AvgIpc) is 3.13. The SMILES string of the molecule is CC(C)CNC(=O)CSc1nnc(-c2ccc(Br)cc2)n1CCc1ccccc1. The fourth-order valence-electron chi connectivity index (χ4n) is 2.79. The lowest BCUT2D eigenvalue weighted by molar-refractivity contribution is -0.118. The molecular weight excluding hydrogens is 448 g/mol. The Kier molecular flexibility index (Phi) is 7.89. The maximum atomic E-state index is 12.1. The number of amides is 1. The molecular formula is C22H25BrN4OS. The molecule has 0 fully saturated rings. The molecule has 0 saturated carbocycles. The molecule has 3 rings (SSSR count). The summed E-state index contributed by atoms with van der Waals surface area (Å²) in [6, 6.07) is 18.4. The molecule has 1 amide bonds. The Labute approximate surface area is 184 Å². The van der Waals surface area contributed by atoms with Crippen molar-refractivity contribution in [1.29, 1.82) is 0 Å². The number of hydrogen-bond acceptors (Lipinski definition) is 4. The minimum absolute atomic E-state index is 0.0199. The van der Waals surface area contributed by atoms with Gasteiger partial charge in [-0.1, -0.05) is 84.0 Å². The minimum Gasteiger partial charge on any atom is -0.355 e. The standard InChI is InChI=1S/C22H25BrN4OS/c1-16(2)14-24-20(28)15-29-22-26-25-21(18-8-10-19(23)11-9-18)27(22)13-12-17-6-4-3-5-7-17/h3-11,16H,12-15H2,1-2H3,(H,24,28). The highest BCUT2D eigenvalue weighted by atomic mass is 79.9. The van der Waals surface area contributed by atoms with Crippen molar-refractivity contribution in [1.82, 2.24) is 20.1 Å². The number of nitrogens with one attached hydrogen (secondary N) is 1. The molecule has 0 aliphatic heterocycles. The summed E-state index contributed by atoms with van der Waals surface area (Å²) < 4.78 is 3.13. The van der Waals surface area contributed by atoms with Crippen LogP contribution in [0.3, 0.4) is 0 Å². The highest BCUT2D eigenvalue weighted by Crippen LogP contribution is 2.25. The smallest absolute Gasteiger partial charge is 0.230 e. The molecule has 0 saturated heterocycles. The summed E-state index contributed by atoms with van der Waals surface area (Å²) in [7, 11) is 0. The van der Waals surface area contributed by atoms with E-state index in [9.17, 15) is 4.79 Å². The summed E-state index contributed by atoms with van der Waals surface area (Å²) >= 11 is 4.91. The van der Waals surface area contributed by atoms with Crippen molar-refractivity contribution in [2.75, 3.05) is 12.3 Å². The van der Waals surface area contributed by atoms with E-state index in [-0.39, 0.29) is 5.91 Å². The van der Waals surface area contributed by atoms with Crippen LogP contribution in [0.2, 0.25) is 0 Å². The topological polar surface area (TPSA) is 59.8 Å². The minimum atomic E-state index is 0.0199. The molecule has 3 aromatic rings. The van der Waals surface area contributed by atoms with Crippen molar-refractivity contribution >= 4 is 33.6 Å². The first-order valence-electron chi connectivity index (χ1n) is 9.65. The largest absolute Gasteiger partial charge is 0.355 e. The van der Waals surface area contributed by atoms with E-state index in [0.29, 0.717) is 18.2 Å². The van der Waals surface area contributed by atoms with Crippen LogP contribution < -0.4 is 5.32 Å². The van der Waals surface area contributed by atoms with Crippen LogP contribution in [-0.2, 0) is 17.8 Å². The van der Waals surface area contributed by atoms with Crippen molar-refractivity contribution in [2.24, 2.45) is 5.92 Å².